The zero-order chi connectivity index (χ0) is 15.2. The minimum Gasteiger partial charge on any atom is -0.383 e. The van der Waals surface area contributed by atoms with E-state index < -0.39 is 11.9 Å². The first-order chi connectivity index (χ1) is 9.38. The third-order valence-corrected chi connectivity index (χ3v) is 2.44. The van der Waals surface area contributed by atoms with Gasteiger partial charge >= 0.3 is 6.18 Å². The predicted octanol–water partition coefficient (Wildman–Crippen LogP) is 1.37. The second kappa shape index (κ2) is 9.07. The fraction of sp³-hybridized carbons (Fsp3) is 0.636. The van der Waals surface area contributed by atoms with Crippen LogP contribution in [0.25, 0.3) is 0 Å². The number of nitrogens with one attached hydrogen (secondary N) is 2. The van der Waals surface area contributed by atoms with Gasteiger partial charge in [0, 0.05) is 46.1 Å². The molecule has 0 aliphatic rings. The minimum absolute atomic E-state index is 0. The topological polar surface area (TPSA) is 63.5 Å². The fourth-order valence-corrected chi connectivity index (χ4v) is 1.58. The Labute approximate surface area is 138 Å². The summed E-state index contributed by atoms with van der Waals surface area (Å²) in [5.41, 5.74) is -0.825. The molecule has 0 amide bonds. The number of alkyl halides is 3. The van der Waals surface area contributed by atoms with E-state index in [-0.39, 0.29) is 36.1 Å². The normalized spacial score (nSPS) is 12.0. The van der Waals surface area contributed by atoms with Crippen LogP contribution in [0.3, 0.4) is 0 Å². The Morgan fingerprint density at radius 1 is 1.43 bits per heavy atom. The van der Waals surface area contributed by atoms with Crippen LogP contribution in [0.5, 0.6) is 0 Å². The molecule has 0 saturated heterocycles. The first-order valence-corrected chi connectivity index (χ1v) is 5.91. The number of aliphatic imine (C=N–C) groups is 1. The molecule has 0 bridgehead atoms. The first-order valence-electron chi connectivity index (χ1n) is 5.91. The molecule has 2 N–H and O–H groups in total. The standard InChI is InChI=1S/C11H18F3N5O.HI/c1-15-10(16-4-5-20-3)17-6-8-7-19(2)18-9(8)11(12,13)14;/h7H,4-6H2,1-3H3,(H2,15,16,17);1H. The van der Waals surface area contributed by atoms with E-state index in [1.807, 2.05) is 0 Å². The lowest BCUT2D eigenvalue weighted by Crippen LogP contribution is -2.38. The van der Waals surface area contributed by atoms with Gasteiger partial charge in [0.05, 0.1) is 6.61 Å². The highest BCUT2D eigenvalue weighted by molar-refractivity contribution is 14.0. The highest BCUT2D eigenvalue weighted by atomic mass is 127. The number of nitrogens with zero attached hydrogens (tertiary/aromatic N) is 3. The molecule has 1 rings (SSSR count). The second-order valence-electron chi connectivity index (χ2n) is 4.02. The summed E-state index contributed by atoms with van der Waals surface area (Å²) in [5.74, 6) is 0.402. The summed E-state index contributed by atoms with van der Waals surface area (Å²) in [5, 5.41) is 9.14. The van der Waals surface area contributed by atoms with Crippen molar-refractivity contribution >= 4 is 29.9 Å². The van der Waals surface area contributed by atoms with Crippen LogP contribution in [0.2, 0.25) is 0 Å². The number of aromatic nitrogens is 2. The maximum Gasteiger partial charge on any atom is 0.435 e. The van der Waals surface area contributed by atoms with Crippen molar-refractivity contribution in [2.75, 3.05) is 27.3 Å². The molecule has 0 saturated carbocycles. The largest absolute Gasteiger partial charge is 0.435 e. The van der Waals surface area contributed by atoms with Crippen LogP contribution < -0.4 is 10.6 Å². The van der Waals surface area contributed by atoms with Crippen LogP contribution in [-0.4, -0.2) is 43.0 Å². The maximum atomic E-state index is 12.8. The Hall–Kier alpha value is -1.04. The monoisotopic (exact) mass is 421 g/mol. The van der Waals surface area contributed by atoms with Gasteiger partial charge in [-0.25, -0.2) is 0 Å². The van der Waals surface area contributed by atoms with Gasteiger partial charge in [0.1, 0.15) is 0 Å². The average molecular weight is 421 g/mol. The fourth-order valence-electron chi connectivity index (χ4n) is 1.58. The molecule has 6 nitrogen and oxygen atoms in total. The smallest absolute Gasteiger partial charge is 0.383 e. The van der Waals surface area contributed by atoms with Crippen molar-refractivity contribution in [1.82, 2.24) is 20.4 Å². The molecule has 0 spiro atoms. The molecule has 10 heteroatoms. The quantitative estimate of drug-likeness (QED) is 0.327. The highest BCUT2D eigenvalue weighted by Gasteiger charge is 2.36. The van der Waals surface area contributed by atoms with Gasteiger partial charge in [-0.3, -0.25) is 9.67 Å². The Morgan fingerprint density at radius 3 is 2.62 bits per heavy atom. The Bertz CT molecular complexity index is 461. The first kappa shape index (κ1) is 20.0. The van der Waals surface area contributed by atoms with Crippen LogP contribution in [0.4, 0.5) is 13.2 Å². The van der Waals surface area contributed by atoms with E-state index in [1.54, 1.807) is 7.11 Å². The van der Waals surface area contributed by atoms with E-state index in [4.69, 9.17) is 4.74 Å². The summed E-state index contributed by atoms with van der Waals surface area (Å²) in [7, 11) is 4.55. The maximum absolute atomic E-state index is 12.8. The minimum atomic E-state index is -4.47. The number of hydrogen-bond acceptors (Lipinski definition) is 3. The second-order valence-corrected chi connectivity index (χ2v) is 4.02. The lowest BCUT2D eigenvalue weighted by Gasteiger charge is -2.12. The number of halogens is 4. The lowest BCUT2D eigenvalue weighted by molar-refractivity contribution is -0.142. The van der Waals surface area contributed by atoms with E-state index >= 15 is 0 Å². The number of hydrogen-bond donors (Lipinski definition) is 2. The van der Waals surface area contributed by atoms with Crippen LogP contribution >= 0.6 is 24.0 Å². The van der Waals surface area contributed by atoms with Crippen LogP contribution in [0, 0.1) is 0 Å². The van der Waals surface area contributed by atoms with Crippen molar-refractivity contribution in [1.29, 1.82) is 0 Å². The summed E-state index contributed by atoms with van der Waals surface area (Å²) in [4.78, 5) is 3.90. The zero-order valence-electron chi connectivity index (χ0n) is 12.0. The van der Waals surface area contributed by atoms with Crippen LogP contribution in [0.1, 0.15) is 11.3 Å². The zero-order valence-corrected chi connectivity index (χ0v) is 14.3. The molecule has 0 fully saturated rings. The highest BCUT2D eigenvalue weighted by Crippen LogP contribution is 2.30. The molecular weight excluding hydrogens is 402 g/mol. The van der Waals surface area contributed by atoms with Crippen molar-refractivity contribution in [3.8, 4) is 0 Å². The van der Waals surface area contributed by atoms with E-state index in [0.29, 0.717) is 19.1 Å². The predicted molar refractivity (Wildman–Crippen MR) is 83.7 cm³/mol. The Kier molecular flexibility index (Phi) is 8.63. The molecule has 0 aliphatic carbocycles. The molecule has 0 aromatic carbocycles. The van der Waals surface area contributed by atoms with Crippen LogP contribution in [0.15, 0.2) is 11.2 Å². The molecule has 1 heterocycles. The number of methoxy groups -OCH3 is 1. The number of guanidine groups is 1. The SMILES string of the molecule is CN=C(NCCOC)NCc1cn(C)nc1C(F)(F)F.I. The summed E-state index contributed by atoms with van der Waals surface area (Å²) >= 11 is 0. The van der Waals surface area contributed by atoms with Gasteiger partial charge in [-0.15, -0.1) is 24.0 Å². The molecular formula is C11H19F3IN5O. The van der Waals surface area contributed by atoms with Crippen molar-refractivity contribution in [2.24, 2.45) is 12.0 Å². The number of aryl methyl sites for hydroxylation is 1. The Balaban J connectivity index is 0.00000400. The Morgan fingerprint density at radius 2 is 2.10 bits per heavy atom. The van der Waals surface area contributed by atoms with Gasteiger partial charge in [-0.05, 0) is 0 Å². The summed E-state index contributed by atoms with van der Waals surface area (Å²) < 4.78 is 44.3. The van der Waals surface area contributed by atoms with Gasteiger partial charge in [-0.2, -0.15) is 18.3 Å². The summed E-state index contributed by atoms with van der Waals surface area (Å²) in [6.45, 7) is 0.964. The average Bonchev–Trinajstić information content (AvgIpc) is 2.75. The van der Waals surface area contributed by atoms with Gasteiger partial charge < -0.3 is 15.4 Å². The van der Waals surface area contributed by atoms with E-state index in [1.165, 1.54) is 20.3 Å². The van der Waals surface area contributed by atoms with Gasteiger partial charge in [-0.1, -0.05) is 0 Å². The molecule has 1 aromatic rings. The third-order valence-electron chi connectivity index (χ3n) is 2.44. The van der Waals surface area contributed by atoms with E-state index in [2.05, 4.69) is 20.7 Å². The molecule has 0 atom stereocenters. The van der Waals surface area contributed by atoms with E-state index in [9.17, 15) is 13.2 Å². The number of ether oxygens (including phenoxy) is 1. The summed E-state index contributed by atoms with van der Waals surface area (Å²) in [6, 6.07) is 0. The van der Waals surface area contributed by atoms with E-state index in [0.717, 1.165) is 4.68 Å². The van der Waals surface area contributed by atoms with Crippen molar-refractivity contribution in [3.63, 3.8) is 0 Å². The molecule has 1 aromatic heterocycles. The van der Waals surface area contributed by atoms with Gasteiger partial charge in [0.25, 0.3) is 0 Å². The van der Waals surface area contributed by atoms with Crippen molar-refractivity contribution in [3.05, 3.63) is 17.5 Å². The lowest BCUT2D eigenvalue weighted by atomic mass is 10.2. The number of rotatable bonds is 5. The van der Waals surface area contributed by atoms with Crippen LogP contribution in [-0.2, 0) is 24.5 Å². The third kappa shape index (κ3) is 6.50. The molecule has 0 aliphatic heterocycles. The van der Waals surface area contributed by atoms with Gasteiger partial charge in [0.15, 0.2) is 11.7 Å². The molecule has 21 heavy (non-hydrogen) atoms. The molecule has 0 radical (unpaired) electrons. The summed E-state index contributed by atoms with van der Waals surface area (Å²) in [6.07, 6.45) is -3.14. The van der Waals surface area contributed by atoms with Gasteiger partial charge in [0.2, 0.25) is 0 Å². The molecule has 0 unspecified atom stereocenters. The van der Waals surface area contributed by atoms with Crippen molar-refractivity contribution in [2.45, 2.75) is 12.7 Å². The molecule has 122 valence electrons. The van der Waals surface area contributed by atoms with Crippen molar-refractivity contribution < 1.29 is 17.9 Å².